The third-order valence-electron chi connectivity index (χ3n) is 3.82. The van der Waals surface area contributed by atoms with Gasteiger partial charge in [-0.25, -0.2) is 0 Å². The summed E-state index contributed by atoms with van der Waals surface area (Å²) < 4.78 is 10.6. The van der Waals surface area contributed by atoms with E-state index in [1.165, 1.54) is 4.90 Å². The van der Waals surface area contributed by atoms with E-state index in [4.69, 9.17) is 9.15 Å². The van der Waals surface area contributed by atoms with Crippen molar-refractivity contribution in [2.75, 3.05) is 19.0 Å². The molecule has 0 bridgehead atoms. The number of aromatic nitrogens is 2. The summed E-state index contributed by atoms with van der Waals surface area (Å²) >= 11 is 1.13. The van der Waals surface area contributed by atoms with Gasteiger partial charge in [0.25, 0.3) is 5.91 Å². The Morgan fingerprint density at radius 3 is 2.71 bits per heavy atom. The summed E-state index contributed by atoms with van der Waals surface area (Å²) in [5, 5.41) is 11.3. The van der Waals surface area contributed by atoms with E-state index >= 15 is 0 Å². The minimum Gasteiger partial charge on any atom is -0.467 e. The molecule has 8 nitrogen and oxygen atoms in total. The third-order valence-corrected chi connectivity index (χ3v) is 4.72. The second-order valence-electron chi connectivity index (χ2n) is 6.14. The van der Waals surface area contributed by atoms with Gasteiger partial charge in [-0.3, -0.25) is 9.59 Å². The highest BCUT2D eigenvalue weighted by Crippen LogP contribution is 2.15. The molecule has 3 rings (SSSR count). The predicted octanol–water partition coefficient (Wildman–Crippen LogP) is 2.87. The van der Waals surface area contributed by atoms with Crippen LogP contribution in [0.25, 0.3) is 0 Å². The Hall–Kier alpha value is -3.04. The van der Waals surface area contributed by atoms with Crippen molar-refractivity contribution in [3.63, 3.8) is 0 Å². The largest absolute Gasteiger partial charge is 0.467 e. The van der Waals surface area contributed by atoms with Gasteiger partial charge in [0.2, 0.25) is 10.9 Å². The molecule has 2 aromatic heterocycles. The maximum absolute atomic E-state index is 12.2. The van der Waals surface area contributed by atoms with Crippen molar-refractivity contribution in [1.29, 1.82) is 0 Å². The lowest BCUT2D eigenvalue weighted by Crippen LogP contribution is -2.29. The quantitative estimate of drug-likeness (QED) is 0.624. The first kappa shape index (κ1) is 19.7. The zero-order chi connectivity index (χ0) is 19.9. The zero-order valence-corrected chi connectivity index (χ0v) is 16.4. The van der Waals surface area contributed by atoms with Crippen LogP contribution >= 0.6 is 11.3 Å². The van der Waals surface area contributed by atoms with Crippen LogP contribution in [0.3, 0.4) is 0 Å². The van der Waals surface area contributed by atoms with Gasteiger partial charge >= 0.3 is 0 Å². The van der Waals surface area contributed by atoms with E-state index < -0.39 is 0 Å². The number of furan rings is 1. The molecule has 0 aliphatic carbocycles. The molecule has 1 aromatic carbocycles. The monoisotopic (exact) mass is 400 g/mol. The summed E-state index contributed by atoms with van der Waals surface area (Å²) in [4.78, 5) is 25.8. The van der Waals surface area contributed by atoms with Gasteiger partial charge in [-0.05, 0) is 31.2 Å². The lowest BCUT2D eigenvalue weighted by atomic mass is 10.2. The summed E-state index contributed by atoms with van der Waals surface area (Å²) in [6.45, 7) is 2.36. The highest BCUT2D eigenvalue weighted by atomic mass is 32.1. The Morgan fingerprint density at radius 1 is 1.21 bits per heavy atom. The normalized spacial score (nSPS) is 10.6. The molecule has 0 atom stereocenters. The molecule has 0 aliphatic heterocycles. The molecule has 3 aromatic rings. The van der Waals surface area contributed by atoms with E-state index in [0.29, 0.717) is 23.0 Å². The predicted molar refractivity (Wildman–Crippen MR) is 104 cm³/mol. The number of nitrogens with zero attached hydrogens (tertiary/aromatic N) is 3. The van der Waals surface area contributed by atoms with Gasteiger partial charge in [0.15, 0.2) is 0 Å². The summed E-state index contributed by atoms with van der Waals surface area (Å²) in [5.74, 6) is 0.185. The second-order valence-corrected chi connectivity index (χ2v) is 7.21. The van der Waals surface area contributed by atoms with Crippen LogP contribution in [0.4, 0.5) is 5.69 Å². The van der Waals surface area contributed by atoms with Gasteiger partial charge in [0, 0.05) is 12.7 Å². The van der Waals surface area contributed by atoms with Crippen molar-refractivity contribution in [1.82, 2.24) is 15.1 Å². The van der Waals surface area contributed by atoms with Crippen molar-refractivity contribution in [2.45, 2.75) is 20.1 Å². The number of carbonyl (C=O) groups excluding carboxylic acids is 2. The van der Waals surface area contributed by atoms with E-state index in [9.17, 15) is 9.59 Å². The number of ether oxygens (including phenoxy) is 1. The fraction of sp³-hybridized carbons (Fsp3) is 0.263. The average molecular weight is 400 g/mol. The lowest BCUT2D eigenvalue weighted by molar-refractivity contribution is -0.136. The van der Waals surface area contributed by atoms with Crippen LogP contribution in [0.2, 0.25) is 0 Å². The van der Waals surface area contributed by atoms with Crippen LogP contribution in [0, 0.1) is 6.92 Å². The van der Waals surface area contributed by atoms with Crippen LogP contribution in [0.5, 0.6) is 0 Å². The van der Waals surface area contributed by atoms with Crippen LogP contribution in [-0.4, -0.2) is 40.6 Å². The van der Waals surface area contributed by atoms with Gasteiger partial charge in [-0.1, -0.05) is 29.0 Å². The molecule has 28 heavy (non-hydrogen) atoms. The minimum atomic E-state index is -0.332. The van der Waals surface area contributed by atoms with Crippen LogP contribution < -0.4 is 5.32 Å². The zero-order valence-electron chi connectivity index (χ0n) is 15.5. The molecular weight excluding hydrogens is 380 g/mol. The Bertz CT molecular complexity index is 922. The molecule has 0 aliphatic rings. The van der Waals surface area contributed by atoms with Gasteiger partial charge in [-0.15, -0.1) is 10.2 Å². The van der Waals surface area contributed by atoms with Crippen LogP contribution in [-0.2, 0) is 22.7 Å². The van der Waals surface area contributed by atoms with Crippen molar-refractivity contribution in [3.05, 3.63) is 64.0 Å². The van der Waals surface area contributed by atoms with E-state index in [0.717, 1.165) is 16.9 Å². The van der Waals surface area contributed by atoms with Crippen molar-refractivity contribution < 1.29 is 18.7 Å². The molecule has 146 valence electrons. The number of benzene rings is 1. The minimum absolute atomic E-state index is 0.0956. The van der Waals surface area contributed by atoms with E-state index in [1.807, 2.05) is 31.2 Å². The number of amides is 2. The summed E-state index contributed by atoms with van der Waals surface area (Å²) in [6, 6.07) is 11.0. The van der Waals surface area contributed by atoms with Gasteiger partial charge in [0.05, 0.1) is 12.8 Å². The molecule has 0 fully saturated rings. The summed E-state index contributed by atoms with van der Waals surface area (Å²) in [6.07, 6.45) is 1.56. The SMILES string of the molecule is Cc1ccc(NC(=O)c2nnc(COCC(=O)N(C)Cc3ccco3)s2)cc1. The number of nitrogens with one attached hydrogen (secondary N) is 1. The van der Waals surface area contributed by atoms with Crippen molar-refractivity contribution >= 4 is 28.8 Å². The fourth-order valence-electron chi connectivity index (χ4n) is 2.29. The van der Waals surface area contributed by atoms with Gasteiger partial charge in [-0.2, -0.15) is 0 Å². The summed E-state index contributed by atoms with van der Waals surface area (Å²) in [5.41, 5.74) is 1.80. The Kier molecular flexibility index (Phi) is 6.51. The average Bonchev–Trinajstić information content (AvgIpc) is 3.35. The number of rotatable bonds is 8. The maximum Gasteiger partial charge on any atom is 0.286 e. The molecule has 0 saturated carbocycles. The number of aryl methyl sites for hydroxylation is 1. The number of carbonyl (C=O) groups is 2. The Morgan fingerprint density at radius 2 is 2.00 bits per heavy atom. The number of hydrogen-bond acceptors (Lipinski definition) is 7. The lowest BCUT2D eigenvalue weighted by Gasteiger charge is -2.15. The first-order valence-electron chi connectivity index (χ1n) is 8.56. The Labute approximate surface area is 166 Å². The smallest absolute Gasteiger partial charge is 0.286 e. The first-order valence-corrected chi connectivity index (χ1v) is 9.37. The molecule has 2 amide bonds. The topological polar surface area (TPSA) is 97.6 Å². The van der Waals surface area contributed by atoms with E-state index in [1.54, 1.807) is 25.4 Å². The highest BCUT2D eigenvalue weighted by Gasteiger charge is 2.15. The van der Waals surface area contributed by atoms with Crippen molar-refractivity contribution in [2.24, 2.45) is 0 Å². The third kappa shape index (κ3) is 5.48. The van der Waals surface area contributed by atoms with Crippen LogP contribution in [0.15, 0.2) is 47.1 Å². The Balaban J connectivity index is 1.44. The first-order chi connectivity index (χ1) is 13.5. The van der Waals surface area contributed by atoms with Gasteiger partial charge in [0.1, 0.15) is 24.0 Å². The molecule has 0 radical (unpaired) electrons. The molecule has 1 N–H and O–H groups in total. The molecule has 0 spiro atoms. The fourth-order valence-corrected chi connectivity index (χ4v) is 2.96. The molecular formula is C19H20N4O4S. The molecule has 0 saturated heterocycles. The van der Waals surface area contributed by atoms with Gasteiger partial charge < -0.3 is 19.4 Å². The number of anilines is 1. The molecule has 0 unspecified atom stereocenters. The highest BCUT2D eigenvalue weighted by molar-refractivity contribution is 7.13. The standard InChI is InChI=1S/C19H20N4O4S/c1-13-5-7-14(8-6-13)20-18(25)19-22-21-16(28-19)11-26-12-17(24)23(2)10-15-4-3-9-27-15/h3-9H,10-12H2,1-2H3,(H,20,25). The summed E-state index contributed by atoms with van der Waals surface area (Å²) in [7, 11) is 1.67. The van der Waals surface area contributed by atoms with E-state index in [2.05, 4.69) is 15.5 Å². The number of hydrogen-bond donors (Lipinski definition) is 1. The van der Waals surface area contributed by atoms with Crippen molar-refractivity contribution in [3.8, 4) is 0 Å². The molecule has 2 heterocycles. The molecule has 9 heteroatoms. The maximum atomic E-state index is 12.2. The van der Waals surface area contributed by atoms with E-state index in [-0.39, 0.29) is 30.0 Å². The van der Waals surface area contributed by atoms with Crippen LogP contribution in [0.1, 0.15) is 26.1 Å². The number of likely N-dealkylation sites (N-methyl/N-ethyl adjacent to an activating group) is 1. The second kappa shape index (κ2) is 9.25.